The van der Waals surface area contributed by atoms with Crippen LogP contribution in [0.3, 0.4) is 0 Å². The van der Waals surface area contributed by atoms with E-state index < -0.39 is 6.10 Å². The lowest BCUT2D eigenvalue weighted by atomic mass is 10.1. The van der Waals surface area contributed by atoms with Gasteiger partial charge in [-0.1, -0.05) is 11.6 Å². The number of anilines is 1. The number of hydrogen-bond donors (Lipinski definition) is 2. The van der Waals surface area contributed by atoms with Gasteiger partial charge in [-0.3, -0.25) is 0 Å². The first kappa shape index (κ1) is 21.5. The van der Waals surface area contributed by atoms with E-state index in [2.05, 4.69) is 19.9 Å². The largest absolute Gasteiger partial charge is 0.456 e. The van der Waals surface area contributed by atoms with Crippen LogP contribution in [-0.4, -0.2) is 52.9 Å². The van der Waals surface area contributed by atoms with Gasteiger partial charge in [0.25, 0.3) is 0 Å². The molecule has 9 heteroatoms. The van der Waals surface area contributed by atoms with Crippen LogP contribution in [0.1, 0.15) is 17.4 Å². The Labute approximate surface area is 185 Å². The summed E-state index contributed by atoms with van der Waals surface area (Å²) in [6, 6.07) is 9.07. The van der Waals surface area contributed by atoms with Gasteiger partial charge < -0.3 is 25.2 Å². The summed E-state index contributed by atoms with van der Waals surface area (Å²) in [6.07, 6.45) is 2.32. The lowest BCUT2D eigenvalue weighted by Crippen LogP contribution is -2.36. The SMILES string of the molecule is Cc1cc(Oc2cc(Cl)ccc2-c2ncc([C@H](O)CN)cn2)cc(N2CCOCC2)n1. The van der Waals surface area contributed by atoms with Crippen LogP contribution in [0.4, 0.5) is 5.82 Å². The van der Waals surface area contributed by atoms with E-state index in [1.54, 1.807) is 24.5 Å². The summed E-state index contributed by atoms with van der Waals surface area (Å²) in [6.45, 7) is 4.96. The first-order valence-electron chi connectivity index (χ1n) is 10.0. The van der Waals surface area contributed by atoms with Crippen molar-refractivity contribution < 1.29 is 14.6 Å². The quantitative estimate of drug-likeness (QED) is 0.600. The number of aryl methyl sites for hydroxylation is 1. The van der Waals surface area contributed by atoms with Crippen LogP contribution in [0.25, 0.3) is 11.4 Å². The Hall–Kier alpha value is -2.78. The molecule has 3 aromatic rings. The molecular weight excluding hydrogens is 418 g/mol. The summed E-state index contributed by atoms with van der Waals surface area (Å²) in [5, 5.41) is 10.4. The highest BCUT2D eigenvalue weighted by Gasteiger charge is 2.16. The van der Waals surface area contributed by atoms with E-state index in [4.69, 9.17) is 26.8 Å². The zero-order chi connectivity index (χ0) is 21.8. The first-order valence-corrected chi connectivity index (χ1v) is 10.4. The molecule has 3 N–H and O–H groups in total. The molecule has 1 atom stereocenters. The molecule has 3 heterocycles. The maximum absolute atomic E-state index is 9.87. The van der Waals surface area contributed by atoms with Gasteiger partial charge in [0.1, 0.15) is 17.3 Å². The maximum atomic E-state index is 9.87. The molecule has 8 nitrogen and oxygen atoms in total. The second-order valence-electron chi connectivity index (χ2n) is 7.24. The third kappa shape index (κ3) is 5.11. The zero-order valence-electron chi connectivity index (χ0n) is 17.2. The van der Waals surface area contributed by atoms with Crippen molar-refractivity contribution in [2.75, 3.05) is 37.7 Å². The van der Waals surface area contributed by atoms with Gasteiger partial charge in [-0.05, 0) is 19.1 Å². The van der Waals surface area contributed by atoms with E-state index in [1.165, 1.54) is 0 Å². The monoisotopic (exact) mass is 441 g/mol. The Morgan fingerprint density at radius 3 is 2.65 bits per heavy atom. The van der Waals surface area contributed by atoms with Gasteiger partial charge in [0.05, 0.1) is 24.9 Å². The second kappa shape index (κ2) is 9.57. The predicted octanol–water partition coefficient (Wildman–Crippen LogP) is 3.12. The molecule has 0 unspecified atom stereocenters. The third-order valence-electron chi connectivity index (χ3n) is 4.94. The van der Waals surface area contributed by atoms with Gasteiger partial charge in [-0.2, -0.15) is 0 Å². The van der Waals surface area contributed by atoms with Crippen molar-refractivity contribution >= 4 is 17.4 Å². The van der Waals surface area contributed by atoms with Crippen LogP contribution in [-0.2, 0) is 4.74 Å². The number of nitrogens with two attached hydrogens (primary N) is 1. The van der Waals surface area contributed by atoms with Crippen molar-refractivity contribution in [1.29, 1.82) is 0 Å². The number of aliphatic hydroxyl groups is 1. The minimum atomic E-state index is -0.798. The Morgan fingerprint density at radius 2 is 1.94 bits per heavy atom. The third-order valence-corrected chi connectivity index (χ3v) is 5.18. The Balaban J connectivity index is 1.65. The number of hydrogen-bond acceptors (Lipinski definition) is 8. The Bertz CT molecular complexity index is 1040. The van der Waals surface area contributed by atoms with E-state index in [0.29, 0.717) is 46.7 Å². The summed E-state index contributed by atoms with van der Waals surface area (Å²) < 4.78 is 11.7. The first-order chi connectivity index (χ1) is 15.0. The normalized spacial score (nSPS) is 15.0. The Morgan fingerprint density at radius 1 is 1.19 bits per heavy atom. The van der Waals surface area contributed by atoms with Gasteiger partial charge in [-0.15, -0.1) is 0 Å². The number of rotatable bonds is 6. The fraction of sp³-hybridized carbons (Fsp3) is 0.318. The van der Waals surface area contributed by atoms with Crippen molar-refractivity contribution in [2.24, 2.45) is 5.73 Å². The van der Waals surface area contributed by atoms with E-state index in [-0.39, 0.29) is 6.54 Å². The van der Waals surface area contributed by atoms with Crippen molar-refractivity contribution in [1.82, 2.24) is 15.0 Å². The van der Waals surface area contributed by atoms with Gasteiger partial charge in [-0.25, -0.2) is 15.0 Å². The molecule has 1 aliphatic rings. The fourth-order valence-electron chi connectivity index (χ4n) is 3.31. The molecule has 162 valence electrons. The van der Waals surface area contributed by atoms with Crippen molar-refractivity contribution in [3.05, 3.63) is 59.0 Å². The molecule has 1 aromatic carbocycles. The average Bonchev–Trinajstić information content (AvgIpc) is 2.79. The minimum absolute atomic E-state index is 0.102. The molecule has 0 amide bonds. The second-order valence-corrected chi connectivity index (χ2v) is 7.67. The molecule has 1 aliphatic heterocycles. The summed E-state index contributed by atoms with van der Waals surface area (Å²) in [4.78, 5) is 15.6. The molecule has 31 heavy (non-hydrogen) atoms. The zero-order valence-corrected chi connectivity index (χ0v) is 17.9. The highest BCUT2D eigenvalue weighted by Crippen LogP contribution is 2.35. The number of nitrogens with zero attached hydrogens (tertiary/aromatic N) is 4. The molecule has 0 radical (unpaired) electrons. The predicted molar refractivity (Wildman–Crippen MR) is 119 cm³/mol. The average molecular weight is 442 g/mol. The lowest BCUT2D eigenvalue weighted by molar-refractivity contribution is 0.122. The topological polar surface area (TPSA) is 107 Å². The minimum Gasteiger partial charge on any atom is -0.456 e. The van der Waals surface area contributed by atoms with Crippen LogP contribution in [0.5, 0.6) is 11.5 Å². The summed E-state index contributed by atoms with van der Waals surface area (Å²) in [7, 11) is 0. The highest BCUT2D eigenvalue weighted by molar-refractivity contribution is 6.30. The van der Waals surface area contributed by atoms with Crippen LogP contribution >= 0.6 is 11.6 Å². The number of benzene rings is 1. The maximum Gasteiger partial charge on any atom is 0.162 e. The molecule has 4 rings (SSSR count). The fourth-order valence-corrected chi connectivity index (χ4v) is 3.47. The number of aromatic nitrogens is 3. The van der Waals surface area contributed by atoms with Crippen molar-refractivity contribution in [3.8, 4) is 22.9 Å². The van der Waals surface area contributed by atoms with E-state index in [1.807, 2.05) is 25.1 Å². The van der Waals surface area contributed by atoms with E-state index >= 15 is 0 Å². The smallest absolute Gasteiger partial charge is 0.162 e. The number of pyridine rings is 1. The number of aliphatic hydroxyl groups excluding tert-OH is 1. The van der Waals surface area contributed by atoms with Crippen molar-refractivity contribution in [2.45, 2.75) is 13.0 Å². The number of halogens is 1. The molecule has 0 aliphatic carbocycles. The highest BCUT2D eigenvalue weighted by atomic mass is 35.5. The number of morpholine rings is 1. The lowest BCUT2D eigenvalue weighted by Gasteiger charge is -2.28. The summed E-state index contributed by atoms with van der Waals surface area (Å²) in [5.74, 6) is 2.47. The van der Waals surface area contributed by atoms with Gasteiger partial charge in [0, 0.05) is 66.5 Å². The van der Waals surface area contributed by atoms with Crippen LogP contribution in [0.2, 0.25) is 5.02 Å². The molecule has 0 bridgehead atoms. The number of ether oxygens (including phenoxy) is 2. The molecule has 1 fully saturated rings. The molecular formula is C22H24ClN5O3. The van der Waals surface area contributed by atoms with Crippen LogP contribution < -0.4 is 15.4 Å². The van der Waals surface area contributed by atoms with Crippen molar-refractivity contribution in [3.63, 3.8) is 0 Å². The molecule has 2 aromatic heterocycles. The van der Waals surface area contributed by atoms with Gasteiger partial charge >= 0.3 is 0 Å². The van der Waals surface area contributed by atoms with Crippen LogP contribution in [0, 0.1) is 6.92 Å². The van der Waals surface area contributed by atoms with Gasteiger partial charge in [0.2, 0.25) is 0 Å². The molecule has 0 saturated carbocycles. The molecule has 1 saturated heterocycles. The summed E-state index contributed by atoms with van der Waals surface area (Å²) >= 11 is 6.24. The molecule has 0 spiro atoms. The van der Waals surface area contributed by atoms with E-state index in [0.717, 1.165) is 24.6 Å². The van der Waals surface area contributed by atoms with Gasteiger partial charge in [0.15, 0.2) is 5.82 Å². The summed E-state index contributed by atoms with van der Waals surface area (Å²) in [5.41, 5.74) is 7.59. The van der Waals surface area contributed by atoms with E-state index in [9.17, 15) is 5.11 Å². The Kier molecular flexibility index (Phi) is 6.62. The standard InChI is InChI=1S/C22H24ClN5O3/c1-14-8-17(10-21(27-14)28-4-6-30-7-5-28)31-20-9-16(23)2-3-18(20)22-25-12-15(13-26-22)19(29)11-24/h2-3,8-10,12-13,19,29H,4-7,11,24H2,1H3/t19-/m1/s1. The van der Waals surface area contributed by atoms with Crippen LogP contribution in [0.15, 0.2) is 42.7 Å².